The quantitative estimate of drug-likeness (QED) is 0.895. The van der Waals surface area contributed by atoms with Gasteiger partial charge < -0.3 is 10.3 Å². The molecule has 3 heteroatoms. The smallest absolute Gasteiger partial charge is 0.111 e. The molecule has 1 aromatic heterocycles. The minimum absolute atomic E-state index is 0.266. The van der Waals surface area contributed by atoms with Crippen molar-refractivity contribution in [3.05, 3.63) is 30.1 Å². The molecule has 0 aliphatic heterocycles. The molecule has 2 aromatic rings. The molecule has 0 bridgehead atoms. The lowest BCUT2D eigenvalue weighted by atomic mass is 10.1. The van der Waals surface area contributed by atoms with E-state index in [1.807, 2.05) is 0 Å². The van der Waals surface area contributed by atoms with Gasteiger partial charge in [0.2, 0.25) is 0 Å². The SMILES string of the molecule is CCCn1c(CC(N)C2CC2C)nc2ccccc21. The van der Waals surface area contributed by atoms with Gasteiger partial charge in [-0.3, -0.25) is 0 Å². The Balaban J connectivity index is 1.90. The van der Waals surface area contributed by atoms with Gasteiger partial charge in [0, 0.05) is 19.0 Å². The summed E-state index contributed by atoms with van der Waals surface area (Å²) in [5.74, 6) is 2.67. The summed E-state index contributed by atoms with van der Waals surface area (Å²) in [7, 11) is 0. The van der Waals surface area contributed by atoms with Crippen LogP contribution in [0.15, 0.2) is 24.3 Å². The van der Waals surface area contributed by atoms with E-state index in [1.54, 1.807) is 0 Å². The number of aromatic nitrogens is 2. The number of nitrogens with two attached hydrogens (primary N) is 1. The third-order valence-corrected chi connectivity index (χ3v) is 4.32. The van der Waals surface area contributed by atoms with Crippen LogP contribution in [0.1, 0.15) is 32.5 Å². The Morgan fingerprint density at radius 1 is 1.42 bits per heavy atom. The second kappa shape index (κ2) is 4.97. The lowest BCUT2D eigenvalue weighted by Gasteiger charge is -2.12. The van der Waals surface area contributed by atoms with Gasteiger partial charge >= 0.3 is 0 Å². The van der Waals surface area contributed by atoms with Crippen molar-refractivity contribution in [1.29, 1.82) is 0 Å². The first-order valence-corrected chi connectivity index (χ1v) is 7.40. The summed E-state index contributed by atoms with van der Waals surface area (Å²) in [6.45, 7) is 5.53. The number of aryl methyl sites for hydroxylation is 1. The molecule has 1 heterocycles. The molecule has 3 nitrogen and oxygen atoms in total. The molecule has 0 saturated heterocycles. The average Bonchev–Trinajstić information content (AvgIpc) is 3.04. The summed E-state index contributed by atoms with van der Waals surface area (Å²) in [6.07, 6.45) is 3.32. The maximum Gasteiger partial charge on any atom is 0.111 e. The van der Waals surface area contributed by atoms with Crippen LogP contribution in [0.25, 0.3) is 11.0 Å². The summed E-state index contributed by atoms with van der Waals surface area (Å²) in [5, 5.41) is 0. The van der Waals surface area contributed by atoms with Crippen molar-refractivity contribution >= 4 is 11.0 Å². The molecule has 0 radical (unpaired) electrons. The zero-order valence-electron chi connectivity index (χ0n) is 11.8. The number of rotatable bonds is 5. The monoisotopic (exact) mass is 257 g/mol. The molecule has 3 unspecified atom stereocenters. The van der Waals surface area contributed by atoms with Crippen molar-refractivity contribution in [3.63, 3.8) is 0 Å². The van der Waals surface area contributed by atoms with E-state index in [4.69, 9.17) is 10.7 Å². The molecule has 3 atom stereocenters. The molecule has 19 heavy (non-hydrogen) atoms. The Morgan fingerprint density at radius 2 is 2.16 bits per heavy atom. The molecule has 1 aliphatic carbocycles. The normalized spacial score (nSPS) is 23.7. The highest BCUT2D eigenvalue weighted by atomic mass is 15.1. The Bertz CT molecular complexity index is 572. The van der Waals surface area contributed by atoms with Gasteiger partial charge in [0.15, 0.2) is 0 Å². The minimum Gasteiger partial charge on any atom is -0.328 e. The Labute approximate surface area is 114 Å². The topological polar surface area (TPSA) is 43.8 Å². The van der Waals surface area contributed by atoms with Crippen LogP contribution in [0.4, 0.5) is 0 Å². The predicted octanol–water partition coefficient (Wildman–Crippen LogP) is 2.97. The summed E-state index contributed by atoms with van der Waals surface area (Å²) in [4.78, 5) is 4.79. The third kappa shape index (κ3) is 2.39. The predicted molar refractivity (Wildman–Crippen MR) is 79.0 cm³/mol. The molecule has 1 aliphatic rings. The molecule has 1 saturated carbocycles. The number of para-hydroxylation sites is 2. The van der Waals surface area contributed by atoms with Crippen LogP contribution in [0, 0.1) is 11.8 Å². The molecule has 0 amide bonds. The number of imidazole rings is 1. The number of benzene rings is 1. The number of hydrogen-bond donors (Lipinski definition) is 1. The van der Waals surface area contributed by atoms with Crippen LogP contribution >= 0.6 is 0 Å². The maximum atomic E-state index is 6.33. The minimum atomic E-state index is 0.266. The Kier molecular flexibility index (Phi) is 3.31. The van der Waals surface area contributed by atoms with Gasteiger partial charge in [-0.05, 0) is 36.8 Å². The van der Waals surface area contributed by atoms with Crippen LogP contribution in [-0.4, -0.2) is 15.6 Å². The molecule has 0 spiro atoms. The first-order chi connectivity index (χ1) is 9.20. The van der Waals surface area contributed by atoms with E-state index in [0.717, 1.165) is 36.6 Å². The van der Waals surface area contributed by atoms with Crippen molar-refractivity contribution in [2.24, 2.45) is 17.6 Å². The van der Waals surface area contributed by atoms with E-state index in [9.17, 15) is 0 Å². The van der Waals surface area contributed by atoms with Gasteiger partial charge in [0.05, 0.1) is 11.0 Å². The van der Waals surface area contributed by atoms with Gasteiger partial charge in [0.1, 0.15) is 5.82 Å². The summed E-state index contributed by atoms with van der Waals surface area (Å²) < 4.78 is 2.35. The first-order valence-electron chi connectivity index (χ1n) is 7.40. The molecule has 2 N–H and O–H groups in total. The van der Waals surface area contributed by atoms with E-state index < -0.39 is 0 Å². The lowest BCUT2D eigenvalue weighted by molar-refractivity contribution is 0.528. The lowest BCUT2D eigenvalue weighted by Crippen LogP contribution is -2.27. The first kappa shape index (κ1) is 12.7. The maximum absolute atomic E-state index is 6.33. The fourth-order valence-corrected chi connectivity index (χ4v) is 3.06. The Hall–Kier alpha value is -1.35. The molecule has 3 rings (SSSR count). The van der Waals surface area contributed by atoms with E-state index in [-0.39, 0.29) is 6.04 Å². The number of nitrogens with zero attached hydrogens (tertiary/aromatic N) is 2. The van der Waals surface area contributed by atoms with E-state index in [0.29, 0.717) is 5.92 Å². The van der Waals surface area contributed by atoms with Crippen LogP contribution in [0.5, 0.6) is 0 Å². The van der Waals surface area contributed by atoms with Gasteiger partial charge in [0.25, 0.3) is 0 Å². The molecule has 1 fully saturated rings. The summed E-state index contributed by atoms with van der Waals surface area (Å²) in [6, 6.07) is 8.66. The summed E-state index contributed by atoms with van der Waals surface area (Å²) >= 11 is 0. The van der Waals surface area contributed by atoms with Crippen molar-refractivity contribution < 1.29 is 0 Å². The largest absolute Gasteiger partial charge is 0.328 e. The van der Waals surface area contributed by atoms with E-state index in [2.05, 4.69) is 42.7 Å². The van der Waals surface area contributed by atoms with Crippen LogP contribution in [-0.2, 0) is 13.0 Å². The van der Waals surface area contributed by atoms with Crippen molar-refractivity contribution in [3.8, 4) is 0 Å². The zero-order chi connectivity index (χ0) is 13.4. The van der Waals surface area contributed by atoms with Crippen LogP contribution < -0.4 is 5.73 Å². The highest BCUT2D eigenvalue weighted by Crippen LogP contribution is 2.40. The molecule has 1 aromatic carbocycles. The standard InChI is InChI=1S/C16H23N3/c1-3-8-19-15-7-5-4-6-14(15)18-16(19)10-13(17)12-9-11(12)2/h4-7,11-13H,3,8-10,17H2,1-2H3. The Morgan fingerprint density at radius 3 is 2.84 bits per heavy atom. The van der Waals surface area contributed by atoms with Crippen molar-refractivity contribution in [2.75, 3.05) is 0 Å². The molecular formula is C16H23N3. The fraction of sp³-hybridized carbons (Fsp3) is 0.562. The molecule has 102 valence electrons. The highest BCUT2D eigenvalue weighted by Gasteiger charge is 2.38. The van der Waals surface area contributed by atoms with Crippen LogP contribution in [0.3, 0.4) is 0 Å². The van der Waals surface area contributed by atoms with Gasteiger partial charge in [-0.2, -0.15) is 0 Å². The fourth-order valence-electron chi connectivity index (χ4n) is 3.06. The van der Waals surface area contributed by atoms with Gasteiger partial charge in [-0.25, -0.2) is 4.98 Å². The van der Waals surface area contributed by atoms with Crippen molar-refractivity contribution in [1.82, 2.24) is 9.55 Å². The molecular weight excluding hydrogens is 234 g/mol. The van der Waals surface area contributed by atoms with Crippen LogP contribution in [0.2, 0.25) is 0 Å². The second-order valence-electron chi connectivity index (χ2n) is 5.91. The van der Waals surface area contributed by atoms with E-state index in [1.165, 1.54) is 11.9 Å². The van der Waals surface area contributed by atoms with Crippen molar-refractivity contribution in [2.45, 2.75) is 45.7 Å². The average molecular weight is 257 g/mol. The van der Waals surface area contributed by atoms with Gasteiger partial charge in [-0.15, -0.1) is 0 Å². The summed E-state index contributed by atoms with van der Waals surface area (Å²) in [5.41, 5.74) is 8.68. The van der Waals surface area contributed by atoms with Gasteiger partial charge in [-0.1, -0.05) is 26.0 Å². The zero-order valence-corrected chi connectivity index (χ0v) is 11.8. The second-order valence-corrected chi connectivity index (χ2v) is 5.91. The third-order valence-electron chi connectivity index (χ3n) is 4.32. The number of hydrogen-bond acceptors (Lipinski definition) is 2. The number of fused-ring (bicyclic) bond motifs is 1. The van der Waals surface area contributed by atoms with E-state index >= 15 is 0 Å². The highest BCUT2D eigenvalue weighted by molar-refractivity contribution is 5.75.